The van der Waals surface area contributed by atoms with Gasteiger partial charge in [0.05, 0.1) is 8.56 Å². The Balaban J connectivity index is 3.17. The van der Waals surface area contributed by atoms with Gasteiger partial charge in [0.25, 0.3) is 0 Å². The maximum absolute atomic E-state index is 3.29. The quantitative estimate of drug-likeness (QED) is 0.647. The third-order valence-corrected chi connectivity index (χ3v) is 2.79. The first kappa shape index (κ1) is 7.44. The van der Waals surface area contributed by atoms with E-state index in [4.69, 9.17) is 0 Å². The van der Waals surface area contributed by atoms with Crippen LogP contribution < -0.4 is 0 Å². The number of hydrogen-bond acceptors (Lipinski definition) is 0. The lowest BCUT2D eigenvalue weighted by molar-refractivity contribution is 1.19. The van der Waals surface area contributed by atoms with E-state index in [0.29, 0.717) is 0 Å². The average molecular weight is 280 g/mol. The Hall–Kier alpha value is 1.44. The van der Waals surface area contributed by atoms with Gasteiger partial charge in [0.1, 0.15) is 0 Å². The van der Waals surface area contributed by atoms with Gasteiger partial charge >= 0.3 is 0 Å². The van der Waals surface area contributed by atoms with E-state index in [-0.39, 0.29) is 3.23 Å². The van der Waals surface area contributed by atoms with Gasteiger partial charge in [-0.1, -0.05) is 47.8 Å². The van der Waals surface area contributed by atoms with Crippen LogP contribution in [0.5, 0.6) is 0 Å². The van der Waals surface area contributed by atoms with Crippen LogP contribution in [0.4, 0.5) is 0 Å². The smallest absolute Gasteiger partial charge is 0.0853 e. The van der Waals surface area contributed by atoms with E-state index in [1.165, 1.54) is 0 Å². The minimum Gasteiger partial charge on any atom is -0.0853 e. The molecule has 0 aliphatic rings. The van der Waals surface area contributed by atoms with Crippen LogP contribution >= 0.6 is 47.8 Å². The summed E-state index contributed by atoms with van der Waals surface area (Å²) in [7, 11) is 0. The lowest BCUT2D eigenvalue weighted by atomic mass is 10.6. The van der Waals surface area contributed by atoms with Crippen molar-refractivity contribution in [3.8, 4) is 0 Å². The van der Waals surface area contributed by atoms with Crippen molar-refractivity contribution < 1.29 is 0 Å². The van der Waals surface area contributed by atoms with Gasteiger partial charge in [0.15, 0.2) is 0 Å². The summed E-state index contributed by atoms with van der Waals surface area (Å²) in [5.74, 6) is 0. The zero-order valence-electron chi connectivity index (χ0n) is 3.21. The third-order valence-electron chi connectivity index (χ3n) is 0.192. The van der Waals surface area contributed by atoms with Gasteiger partial charge in [-0.25, -0.2) is 0 Å². The predicted octanol–water partition coefficient (Wildman–Crippen LogP) is 3.05. The molecule has 0 atom stereocenters. The number of rotatable bonds is 1. The molecule has 0 aliphatic heterocycles. The summed E-state index contributed by atoms with van der Waals surface area (Å²) < 4.78 is -0.0417. The number of hydrogen-bond donors (Lipinski definition) is 0. The average Bonchev–Trinajstić information content (AvgIpc) is 1.35. The van der Waals surface area contributed by atoms with Crippen LogP contribution in [0.25, 0.3) is 0 Å². The Morgan fingerprint density at radius 3 is 1.67 bits per heavy atom. The molecule has 0 aliphatic carbocycles. The molecule has 0 fully saturated rings. The molecule has 0 saturated heterocycles. The molecule has 0 nitrogen and oxygen atoms in total. The molecule has 0 saturated carbocycles. The minimum atomic E-state index is -0.0417. The van der Waals surface area contributed by atoms with Crippen LogP contribution in [0.3, 0.4) is 0 Å². The Bertz CT molecular complexity index is 35.8. The molecule has 0 aromatic rings. The summed E-state index contributed by atoms with van der Waals surface area (Å²) >= 11 is 9.73. The molecule has 0 spiro atoms. The topological polar surface area (TPSA) is 0 Å². The van der Waals surface area contributed by atoms with Crippen LogP contribution in [0.15, 0.2) is 0 Å². The first-order chi connectivity index (χ1) is 2.56. The largest absolute Gasteiger partial charge is 0.0913 e. The van der Waals surface area contributed by atoms with Crippen molar-refractivity contribution in [2.24, 2.45) is 0 Å². The highest BCUT2D eigenvalue weighted by Crippen LogP contribution is 2.30. The summed E-state index contributed by atoms with van der Waals surface area (Å²) in [6.07, 6.45) is 0. The normalized spacial score (nSPS) is 12.0. The number of halogens is 3. The van der Waals surface area contributed by atoms with E-state index in [1.807, 2.05) is 12.3 Å². The minimum absolute atomic E-state index is 0.0417. The summed E-state index contributed by atoms with van der Waals surface area (Å²) in [6, 6.07) is 0. The second kappa shape index (κ2) is 2.68. The second-order valence-electron chi connectivity index (χ2n) is 1.07. The van der Waals surface area contributed by atoms with Gasteiger partial charge in [-0.15, -0.1) is 0 Å². The standard InChI is InChI=1S/C3H4Br3/c1-3(5,6)2-4/h2H,1H3. The van der Waals surface area contributed by atoms with Crippen LogP contribution in [0.2, 0.25) is 0 Å². The van der Waals surface area contributed by atoms with Crippen LogP contribution in [-0.2, 0) is 0 Å². The lowest BCUT2D eigenvalue weighted by Crippen LogP contribution is -1.97. The second-order valence-corrected chi connectivity index (χ2v) is 5.88. The van der Waals surface area contributed by atoms with Gasteiger partial charge in [0.2, 0.25) is 0 Å². The molecule has 0 bridgehead atoms. The van der Waals surface area contributed by atoms with Crippen molar-refractivity contribution in [3.63, 3.8) is 0 Å². The molecule has 0 heterocycles. The van der Waals surface area contributed by atoms with Crippen LogP contribution in [-0.4, -0.2) is 3.23 Å². The fourth-order valence-electron chi connectivity index (χ4n) is 0. The summed E-state index contributed by atoms with van der Waals surface area (Å²) in [5, 5.41) is 1.83. The Labute approximate surface area is 63.1 Å². The molecule has 0 amide bonds. The highest BCUT2D eigenvalue weighted by molar-refractivity contribution is 9.26. The SMILES string of the molecule is CC(Br)(Br)[CH]Br. The molecule has 1 radical (unpaired) electrons. The molecular formula is C3H4Br3. The molecular weight excluding hydrogens is 276 g/mol. The lowest BCUT2D eigenvalue weighted by Gasteiger charge is -2.05. The molecule has 0 rings (SSSR count). The van der Waals surface area contributed by atoms with Gasteiger partial charge in [-0.3, -0.25) is 0 Å². The van der Waals surface area contributed by atoms with Gasteiger partial charge < -0.3 is 0 Å². The number of alkyl halides is 2. The maximum Gasteiger partial charge on any atom is 0.0913 e. The monoisotopic (exact) mass is 277 g/mol. The molecule has 37 valence electrons. The fourth-order valence-corrected chi connectivity index (χ4v) is 0. The molecule has 0 N–H and O–H groups in total. The van der Waals surface area contributed by atoms with Crippen molar-refractivity contribution in [2.45, 2.75) is 10.2 Å². The summed E-state index contributed by atoms with van der Waals surface area (Å²) in [4.78, 5) is 0. The van der Waals surface area contributed by atoms with E-state index in [1.54, 1.807) is 0 Å². The van der Waals surface area contributed by atoms with Crippen molar-refractivity contribution in [1.29, 1.82) is 0 Å². The Morgan fingerprint density at radius 1 is 1.50 bits per heavy atom. The zero-order valence-corrected chi connectivity index (χ0v) is 7.97. The van der Waals surface area contributed by atoms with Crippen LogP contribution in [0.1, 0.15) is 6.92 Å². The molecule has 0 aromatic heterocycles. The van der Waals surface area contributed by atoms with E-state index in [9.17, 15) is 0 Å². The predicted molar refractivity (Wildman–Crippen MR) is 39.5 cm³/mol. The third kappa shape index (κ3) is 5.44. The molecule has 6 heavy (non-hydrogen) atoms. The maximum atomic E-state index is 3.29. The summed E-state index contributed by atoms with van der Waals surface area (Å²) in [5.41, 5.74) is 0. The van der Waals surface area contributed by atoms with Crippen LogP contribution in [0, 0.1) is 5.33 Å². The highest BCUT2D eigenvalue weighted by atomic mass is 79.9. The molecule has 3 heteroatoms. The van der Waals surface area contributed by atoms with E-state index >= 15 is 0 Å². The molecule has 0 aromatic carbocycles. The highest BCUT2D eigenvalue weighted by Gasteiger charge is 2.11. The first-order valence-electron chi connectivity index (χ1n) is 1.38. The van der Waals surface area contributed by atoms with Gasteiger partial charge in [-0.05, 0) is 6.92 Å². The fraction of sp³-hybridized carbons (Fsp3) is 0.667. The van der Waals surface area contributed by atoms with E-state index in [0.717, 1.165) is 0 Å². The summed E-state index contributed by atoms with van der Waals surface area (Å²) in [6.45, 7) is 1.97. The van der Waals surface area contributed by atoms with E-state index in [2.05, 4.69) is 47.8 Å². The van der Waals surface area contributed by atoms with Crippen molar-refractivity contribution in [3.05, 3.63) is 5.33 Å². The van der Waals surface area contributed by atoms with Crippen molar-refractivity contribution in [2.75, 3.05) is 0 Å². The Morgan fingerprint density at radius 2 is 1.67 bits per heavy atom. The van der Waals surface area contributed by atoms with Gasteiger partial charge in [0, 0.05) is 0 Å². The van der Waals surface area contributed by atoms with E-state index < -0.39 is 0 Å². The van der Waals surface area contributed by atoms with Crippen molar-refractivity contribution in [1.82, 2.24) is 0 Å². The van der Waals surface area contributed by atoms with Crippen molar-refractivity contribution >= 4 is 47.8 Å². The first-order valence-corrected chi connectivity index (χ1v) is 3.89. The zero-order chi connectivity index (χ0) is 5.21. The Kier molecular flexibility index (Phi) is 3.32. The molecule has 0 unspecified atom stereocenters. The van der Waals surface area contributed by atoms with Gasteiger partial charge in [-0.2, -0.15) is 0 Å².